The molecule has 1 aliphatic rings. The van der Waals surface area contributed by atoms with Crippen LogP contribution in [0.15, 0.2) is 54.6 Å². The van der Waals surface area contributed by atoms with E-state index in [0.717, 1.165) is 13.0 Å². The second-order valence-corrected chi connectivity index (χ2v) is 6.91. The molecular formula is C21H23ClN2O2. The number of para-hydroxylation sites is 1. The maximum Gasteiger partial charge on any atom is 0.255 e. The molecule has 3 rings (SSSR count). The van der Waals surface area contributed by atoms with Crippen LogP contribution in [-0.2, 0) is 4.79 Å². The molecule has 1 N–H and O–H groups in total. The number of nitrogens with zero attached hydrogens (tertiary/aromatic N) is 1. The summed E-state index contributed by atoms with van der Waals surface area (Å²) in [6.07, 6.45) is 1.93. The summed E-state index contributed by atoms with van der Waals surface area (Å²) in [6.45, 7) is 1.43. The average Bonchev–Trinajstić information content (AvgIpc) is 3.17. The smallest absolute Gasteiger partial charge is 0.255 e. The van der Waals surface area contributed by atoms with Gasteiger partial charge in [0.15, 0.2) is 0 Å². The predicted molar refractivity (Wildman–Crippen MR) is 105 cm³/mol. The summed E-state index contributed by atoms with van der Waals surface area (Å²) >= 11 is 5.64. The van der Waals surface area contributed by atoms with Crippen LogP contribution < -0.4 is 5.32 Å². The van der Waals surface area contributed by atoms with Crippen molar-refractivity contribution in [2.24, 2.45) is 0 Å². The first-order valence-corrected chi connectivity index (χ1v) is 9.51. The summed E-state index contributed by atoms with van der Waals surface area (Å²) in [5, 5.41) is 2.85. The van der Waals surface area contributed by atoms with Crippen molar-refractivity contribution < 1.29 is 9.59 Å². The van der Waals surface area contributed by atoms with E-state index in [4.69, 9.17) is 11.6 Å². The van der Waals surface area contributed by atoms with Crippen molar-refractivity contribution in [1.82, 2.24) is 4.90 Å². The molecule has 0 saturated carbocycles. The van der Waals surface area contributed by atoms with Crippen LogP contribution in [0.4, 0.5) is 5.69 Å². The van der Waals surface area contributed by atoms with Crippen LogP contribution in [0.1, 0.15) is 41.1 Å². The van der Waals surface area contributed by atoms with Gasteiger partial charge in [-0.2, -0.15) is 0 Å². The van der Waals surface area contributed by atoms with Crippen molar-refractivity contribution in [1.29, 1.82) is 0 Å². The topological polar surface area (TPSA) is 49.4 Å². The number of nitrogens with one attached hydrogen (secondary N) is 1. The highest BCUT2D eigenvalue weighted by Crippen LogP contribution is 2.29. The van der Waals surface area contributed by atoms with Gasteiger partial charge in [0.1, 0.15) is 0 Å². The number of hydrogen-bond acceptors (Lipinski definition) is 2. The SMILES string of the molecule is O=C(CCCCl)Nc1ccccc1C(=O)N1CCC(c2ccccc2)C1. The molecule has 1 saturated heterocycles. The third-order valence-electron chi connectivity index (χ3n) is 4.72. The standard InChI is InChI=1S/C21H23ClN2O2/c22-13-6-11-20(25)23-19-10-5-4-9-18(19)21(26)24-14-12-17(15-24)16-7-2-1-3-8-16/h1-5,7-10,17H,6,11-15H2,(H,23,25). The van der Waals surface area contributed by atoms with Gasteiger partial charge in [-0.3, -0.25) is 9.59 Å². The first-order chi connectivity index (χ1) is 12.7. The first kappa shape index (κ1) is 18.5. The summed E-state index contributed by atoms with van der Waals surface area (Å²) in [5.41, 5.74) is 2.38. The zero-order valence-electron chi connectivity index (χ0n) is 14.7. The van der Waals surface area contributed by atoms with Crippen LogP contribution in [0.3, 0.4) is 0 Å². The lowest BCUT2D eigenvalue weighted by Gasteiger charge is -2.19. The fraction of sp³-hybridized carbons (Fsp3) is 0.333. The van der Waals surface area contributed by atoms with Gasteiger partial charge in [-0.25, -0.2) is 0 Å². The number of carbonyl (C=O) groups excluding carboxylic acids is 2. The quantitative estimate of drug-likeness (QED) is 0.772. The Bertz CT molecular complexity index is 764. The Hall–Kier alpha value is -2.33. The lowest BCUT2D eigenvalue weighted by molar-refractivity contribution is -0.116. The zero-order valence-corrected chi connectivity index (χ0v) is 15.4. The summed E-state index contributed by atoms with van der Waals surface area (Å²) in [4.78, 5) is 26.9. The fourth-order valence-corrected chi connectivity index (χ4v) is 3.46. The largest absolute Gasteiger partial charge is 0.338 e. The molecule has 1 heterocycles. The summed E-state index contributed by atoms with van der Waals surface area (Å²) < 4.78 is 0. The minimum Gasteiger partial charge on any atom is -0.338 e. The number of rotatable bonds is 6. The molecule has 0 radical (unpaired) electrons. The Morgan fingerprint density at radius 2 is 1.81 bits per heavy atom. The maximum atomic E-state index is 13.0. The predicted octanol–water partition coefficient (Wildman–Crippen LogP) is 4.27. The van der Waals surface area contributed by atoms with Crippen molar-refractivity contribution in [3.05, 3.63) is 65.7 Å². The molecule has 1 fully saturated rings. The highest BCUT2D eigenvalue weighted by atomic mass is 35.5. The van der Waals surface area contributed by atoms with E-state index in [9.17, 15) is 9.59 Å². The lowest BCUT2D eigenvalue weighted by Crippen LogP contribution is -2.29. The van der Waals surface area contributed by atoms with E-state index >= 15 is 0 Å². The summed E-state index contributed by atoms with van der Waals surface area (Å²) in [5.74, 6) is 0.666. The van der Waals surface area contributed by atoms with Gasteiger partial charge < -0.3 is 10.2 Å². The van der Waals surface area contributed by atoms with Crippen molar-refractivity contribution in [2.75, 3.05) is 24.3 Å². The van der Waals surface area contributed by atoms with E-state index in [2.05, 4.69) is 17.4 Å². The lowest BCUT2D eigenvalue weighted by atomic mass is 9.99. The number of anilines is 1. The fourth-order valence-electron chi connectivity index (χ4n) is 3.33. The average molecular weight is 371 g/mol. The number of hydrogen-bond donors (Lipinski definition) is 1. The van der Waals surface area contributed by atoms with E-state index < -0.39 is 0 Å². The van der Waals surface area contributed by atoms with Gasteiger partial charge in [0.25, 0.3) is 5.91 Å². The monoisotopic (exact) mass is 370 g/mol. The number of likely N-dealkylation sites (tertiary alicyclic amines) is 1. The number of halogens is 1. The molecule has 0 bridgehead atoms. The molecule has 0 aliphatic carbocycles. The van der Waals surface area contributed by atoms with Gasteiger partial charge in [0.2, 0.25) is 5.91 Å². The Labute approximate surface area is 159 Å². The van der Waals surface area contributed by atoms with Crippen LogP contribution in [0, 0.1) is 0 Å². The molecule has 26 heavy (non-hydrogen) atoms. The number of carbonyl (C=O) groups is 2. The van der Waals surface area contributed by atoms with E-state index in [1.165, 1.54) is 5.56 Å². The highest BCUT2D eigenvalue weighted by molar-refractivity contribution is 6.18. The van der Waals surface area contributed by atoms with E-state index in [1.807, 2.05) is 35.2 Å². The third kappa shape index (κ3) is 4.44. The molecule has 5 heteroatoms. The van der Waals surface area contributed by atoms with Gasteiger partial charge in [-0.05, 0) is 30.5 Å². The van der Waals surface area contributed by atoms with E-state index in [0.29, 0.717) is 42.4 Å². The van der Waals surface area contributed by atoms with Crippen LogP contribution in [0.2, 0.25) is 0 Å². The Morgan fingerprint density at radius 1 is 1.08 bits per heavy atom. The first-order valence-electron chi connectivity index (χ1n) is 8.98. The number of benzene rings is 2. The molecule has 0 aromatic heterocycles. The molecular weight excluding hydrogens is 348 g/mol. The number of amides is 2. The Kier molecular flexibility index (Phi) is 6.29. The Balaban J connectivity index is 1.69. The van der Waals surface area contributed by atoms with Crippen LogP contribution in [0.5, 0.6) is 0 Å². The van der Waals surface area contributed by atoms with Gasteiger partial charge >= 0.3 is 0 Å². The molecule has 1 aliphatic heterocycles. The highest BCUT2D eigenvalue weighted by Gasteiger charge is 2.29. The second kappa shape index (κ2) is 8.86. The third-order valence-corrected chi connectivity index (χ3v) is 4.98. The van der Waals surface area contributed by atoms with Crippen LogP contribution in [0.25, 0.3) is 0 Å². The van der Waals surface area contributed by atoms with E-state index in [1.54, 1.807) is 12.1 Å². The van der Waals surface area contributed by atoms with Gasteiger partial charge in [-0.1, -0.05) is 42.5 Å². The Morgan fingerprint density at radius 3 is 2.58 bits per heavy atom. The van der Waals surface area contributed by atoms with Gasteiger partial charge in [0, 0.05) is 31.3 Å². The van der Waals surface area contributed by atoms with Crippen molar-refractivity contribution in [3.8, 4) is 0 Å². The van der Waals surface area contributed by atoms with Crippen molar-refractivity contribution in [3.63, 3.8) is 0 Å². The van der Waals surface area contributed by atoms with Crippen LogP contribution in [-0.4, -0.2) is 35.7 Å². The van der Waals surface area contributed by atoms with Crippen molar-refractivity contribution in [2.45, 2.75) is 25.2 Å². The number of alkyl halides is 1. The van der Waals surface area contributed by atoms with Crippen LogP contribution >= 0.6 is 11.6 Å². The second-order valence-electron chi connectivity index (χ2n) is 6.53. The van der Waals surface area contributed by atoms with Gasteiger partial charge in [-0.15, -0.1) is 11.6 Å². The van der Waals surface area contributed by atoms with Crippen molar-refractivity contribution >= 4 is 29.1 Å². The molecule has 136 valence electrons. The molecule has 2 aromatic rings. The van der Waals surface area contributed by atoms with Gasteiger partial charge in [0.05, 0.1) is 11.3 Å². The minimum atomic E-state index is -0.116. The zero-order chi connectivity index (χ0) is 18.4. The molecule has 0 spiro atoms. The molecule has 1 unspecified atom stereocenters. The molecule has 4 nitrogen and oxygen atoms in total. The molecule has 2 aromatic carbocycles. The normalized spacial score (nSPS) is 16.5. The maximum absolute atomic E-state index is 13.0. The summed E-state index contributed by atoms with van der Waals surface area (Å²) in [7, 11) is 0. The minimum absolute atomic E-state index is 0.0309. The summed E-state index contributed by atoms with van der Waals surface area (Å²) in [6, 6.07) is 17.5. The molecule has 1 atom stereocenters. The van der Waals surface area contributed by atoms with E-state index in [-0.39, 0.29) is 11.8 Å². The molecule has 2 amide bonds.